The molecule has 0 radical (unpaired) electrons. The molecule has 6 heteroatoms. The Kier molecular flexibility index (Phi) is 2.23. The highest BCUT2D eigenvalue weighted by Crippen LogP contribution is 2.15. The Morgan fingerprint density at radius 2 is 2.38 bits per heavy atom. The van der Waals surface area contributed by atoms with Crippen LogP contribution in [-0.4, -0.2) is 15.7 Å². The number of nitro groups is 1. The number of rotatable bonds is 2. The lowest BCUT2D eigenvalue weighted by molar-refractivity contribution is -0.385. The highest BCUT2D eigenvalue weighted by atomic mass is 16.6. The maximum atomic E-state index is 10.4. The van der Waals surface area contributed by atoms with Crippen LogP contribution in [0.2, 0.25) is 0 Å². The predicted octanol–water partition coefficient (Wildman–Crippen LogP) is 0.582. The molecule has 1 rings (SSSR count). The third kappa shape index (κ3) is 1.78. The minimum atomic E-state index is -0.522. The molecule has 0 aliphatic heterocycles. The number of amidine groups is 1. The quantitative estimate of drug-likeness (QED) is 0.300. The second kappa shape index (κ2) is 3.18. The van der Waals surface area contributed by atoms with Gasteiger partial charge in [0.15, 0.2) is 0 Å². The van der Waals surface area contributed by atoms with Crippen molar-refractivity contribution in [1.29, 1.82) is 5.41 Å². The summed E-state index contributed by atoms with van der Waals surface area (Å²) in [5, 5.41) is 17.4. The first-order chi connectivity index (χ1) is 6.02. The van der Waals surface area contributed by atoms with Gasteiger partial charge in [0, 0.05) is 5.56 Å². The summed E-state index contributed by atoms with van der Waals surface area (Å²) >= 11 is 0. The van der Waals surface area contributed by atoms with E-state index in [4.69, 9.17) is 11.1 Å². The van der Waals surface area contributed by atoms with E-state index >= 15 is 0 Å². The molecule has 1 aromatic rings. The number of nitrogens with two attached hydrogens (primary N) is 1. The van der Waals surface area contributed by atoms with Gasteiger partial charge in [-0.1, -0.05) is 0 Å². The van der Waals surface area contributed by atoms with Crippen LogP contribution in [0, 0.1) is 22.4 Å². The van der Waals surface area contributed by atoms with Gasteiger partial charge in [0.05, 0.1) is 4.92 Å². The summed E-state index contributed by atoms with van der Waals surface area (Å²) in [5.41, 5.74) is 5.80. The van der Waals surface area contributed by atoms with Gasteiger partial charge in [0.2, 0.25) is 0 Å². The Bertz CT molecular complexity index is 375. The first-order valence-electron chi connectivity index (χ1n) is 3.48. The zero-order valence-corrected chi connectivity index (χ0v) is 6.94. The van der Waals surface area contributed by atoms with E-state index in [2.05, 4.69) is 4.98 Å². The van der Waals surface area contributed by atoms with Crippen molar-refractivity contribution >= 4 is 11.5 Å². The highest BCUT2D eigenvalue weighted by Gasteiger charge is 2.11. The number of nitrogen functional groups attached to an aromatic ring is 1. The van der Waals surface area contributed by atoms with E-state index in [1.807, 2.05) is 0 Å². The van der Waals surface area contributed by atoms with E-state index in [1.165, 1.54) is 6.07 Å². The zero-order valence-electron chi connectivity index (χ0n) is 6.94. The Labute approximate surface area is 74.1 Å². The molecule has 0 unspecified atom stereocenters. The lowest BCUT2D eigenvalue weighted by Crippen LogP contribution is -2.13. The van der Waals surface area contributed by atoms with Gasteiger partial charge < -0.3 is 5.73 Å². The van der Waals surface area contributed by atoms with E-state index in [0.29, 0.717) is 5.56 Å². The second-order valence-electron chi connectivity index (χ2n) is 2.53. The average molecular weight is 180 g/mol. The van der Waals surface area contributed by atoms with E-state index in [0.717, 1.165) is 6.20 Å². The molecule has 0 saturated heterocycles. The standard InChI is InChI=1S/C7H8N4O2/c1-4-2-5(7(8)9)10-3-6(4)11(12)13/h2-3H,1H3,(H3,8,9). The van der Waals surface area contributed by atoms with E-state index in [1.54, 1.807) is 6.92 Å². The van der Waals surface area contributed by atoms with Crippen LogP contribution >= 0.6 is 0 Å². The number of aromatic nitrogens is 1. The van der Waals surface area contributed by atoms with Crippen LogP contribution in [0.4, 0.5) is 5.69 Å². The van der Waals surface area contributed by atoms with Gasteiger partial charge in [0.1, 0.15) is 17.7 Å². The molecule has 0 amide bonds. The van der Waals surface area contributed by atoms with Crippen LogP contribution in [0.5, 0.6) is 0 Å². The molecule has 0 aliphatic rings. The molecular weight excluding hydrogens is 172 g/mol. The van der Waals surface area contributed by atoms with Crippen LogP contribution < -0.4 is 5.73 Å². The average Bonchev–Trinajstić information content (AvgIpc) is 2.03. The van der Waals surface area contributed by atoms with Gasteiger partial charge in [-0.05, 0) is 13.0 Å². The first kappa shape index (κ1) is 9.11. The molecule has 3 N–H and O–H groups in total. The molecule has 0 bridgehead atoms. The number of nitrogens with one attached hydrogen (secondary N) is 1. The summed E-state index contributed by atoms with van der Waals surface area (Å²) in [6.07, 6.45) is 1.10. The molecule has 1 heterocycles. The largest absolute Gasteiger partial charge is 0.382 e. The highest BCUT2D eigenvalue weighted by molar-refractivity contribution is 5.93. The van der Waals surface area contributed by atoms with E-state index in [-0.39, 0.29) is 17.2 Å². The molecule has 0 spiro atoms. The Morgan fingerprint density at radius 3 is 2.77 bits per heavy atom. The van der Waals surface area contributed by atoms with Crippen LogP contribution in [-0.2, 0) is 0 Å². The summed E-state index contributed by atoms with van der Waals surface area (Å²) in [7, 11) is 0. The summed E-state index contributed by atoms with van der Waals surface area (Å²) < 4.78 is 0. The van der Waals surface area contributed by atoms with E-state index in [9.17, 15) is 10.1 Å². The normalized spacial score (nSPS) is 9.62. The fraction of sp³-hybridized carbons (Fsp3) is 0.143. The lowest BCUT2D eigenvalue weighted by Gasteiger charge is -1.99. The topological polar surface area (TPSA) is 106 Å². The smallest absolute Gasteiger partial charge is 0.290 e. The van der Waals surface area contributed by atoms with Gasteiger partial charge in [-0.2, -0.15) is 0 Å². The summed E-state index contributed by atoms with van der Waals surface area (Å²) in [6, 6.07) is 1.42. The molecule has 0 saturated carbocycles. The predicted molar refractivity (Wildman–Crippen MR) is 46.6 cm³/mol. The molecule has 0 aromatic carbocycles. The van der Waals surface area contributed by atoms with Crippen molar-refractivity contribution < 1.29 is 4.92 Å². The number of pyridine rings is 1. The number of hydrogen-bond acceptors (Lipinski definition) is 4. The molecular formula is C7H8N4O2. The van der Waals surface area contributed by atoms with Crippen molar-refractivity contribution in [2.75, 3.05) is 0 Å². The SMILES string of the molecule is Cc1cc(C(=N)N)ncc1[N+](=O)[O-]. The monoisotopic (exact) mass is 180 g/mol. The van der Waals surface area contributed by atoms with Crippen molar-refractivity contribution in [3.8, 4) is 0 Å². The van der Waals surface area contributed by atoms with Crippen LogP contribution in [0.15, 0.2) is 12.3 Å². The molecule has 0 atom stereocenters. The minimum absolute atomic E-state index is 0.0648. The molecule has 0 fully saturated rings. The minimum Gasteiger partial charge on any atom is -0.382 e. The Hall–Kier alpha value is -1.98. The van der Waals surface area contributed by atoms with E-state index < -0.39 is 4.92 Å². The van der Waals surface area contributed by atoms with Crippen LogP contribution in [0.1, 0.15) is 11.3 Å². The lowest BCUT2D eigenvalue weighted by atomic mass is 10.2. The number of hydrogen-bond donors (Lipinski definition) is 2. The second-order valence-corrected chi connectivity index (χ2v) is 2.53. The van der Waals surface area contributed by atoms with Crippen molar-refractivity contribution in [3.63, 3.8) is 0 Å². The third-order valence-electron chi connectivity index (χ3n) is 1.56. The van der Waals surface area contributed by atoms with Crippen molar-refractivity contribution in [2.45, 2.75) is 6.92 Å². The zero-order chi connectivity index (χ0) is 10.0. The van der Waals surface area contributed by atoms with Gasteiger partial charge >= 0.3 is 0 Å². The van der Waals surface area contributed by atoms with Gasteiger partial charge in [0.25, 0.3) is 5.69 Å². The fourth-order valence-corrected chi connectivity index (χ4v) is 0.887. The van der Waals surface area contributed by atoms with Crippen LogP contribution in [0.3, 0.4) is 0 Å². The number of nitrogens with zero attached hydrogens (tertiary/aromatic N) is 2. The van der Waals surface area contributed by atoms with Crippen molar-refractivity contribution in [2.24, 2.45) is 5.73 Å². The maximum absolute atomic E-state index is 10.4. The molecule has 6 nitrogen and oxygen atoms in total. The Balaban J connectivity index is 3.20. The van der Waals surface area contributed by atoms with Crippen molar-refractivity contribution in [1.82, 2.24) is 4.98 Å². The van der Waals surface area contributed by atoms with Gasteiger partial charge in [-0.3, -0.25) is 15.5 Å². The first-order valence-corrected chi connectivity index (χ1v) is 3.48. The maximum Gasteiger partial charge on any atom is 0.290 e. The third-order valence-corrected chi connectivity index (χ3v) is 1.56. The van der Waals surface area contributed by atoms with Gasteiger partial charge in [-0.15, -0.1) is 0 Å². The fourth-order valence-electron chi connectivity index (χ4n) is 0.887. The summed E-state index contributed by atoms with van der Waals surface area (Å²) in [6.45, 7) is 1.58. The van der Waals surface area contributed by atoms with Gasteiger partial charge in [-0.25, -0.2) is 4.98 Å². The van der Waals surface area contributed by atoms with Crippen LogP contribution in [0.25, 0.3) is 0 Å². The molecule has 0 aliphatic carbocycles. The molecule has 68 valence electrons. The van der Waals surface area contributed by atoms with Crippen molar-refractivity contribution in [3.05, 3.63) is 33.6 Å². The molecule has 13 heavy (non-hydrogen) atoms. The summed E-state index contributed by atoms with van der Waals surface area (Å²) in [4.78, 5) is 13.5. The summed E-state index contributed by atoms with van der Waals surface area (Å²) in [5.74, 6) is -0.196. The number of aryl methyl sites for hydroxylation is 1. The Morgan fingerprint density at radius 1 is 1.77 bits per heavy atom. The molecule has 1 aromatic heterocycles.